The molecule has 0 aromatic carbocycles. The molecule has 0 aliphatic heterocycles. The maximum Gasteiger partial charge on any atom is 0.0656 e. The van der Waals surface area contributed by atoms with E-state index in [4.69, 9.17) is 0 Å². The molecule has 0 atom stereocenters. The second-order valence-electron chi connectivity index (χ2n) is 4.01. The van der Waals surface area contributed by atoms with Crippen LogP contribution >= 0.6 is 15.9 Å². The molecule has 0 unspecified atom stereocenters. The zero-order valence-electron chi connectivity index (χ0n) is 7.85. The Balaban J connectivity index is 2.33. The molecule has 1 N–H and O–H groups in total. The van der Waals surface area contributed by atoms with E-state index in [1.807, 2.05) is 0 Å². The van der Waals surface area contributed by atoms with Gasteiger partial charge in [0.05, 0.1) is 5.60 Å². The van der Waals surface area contributed by atoms with Crippen LogP contribution in [0.15, 0.2) is 0 Å². The third-order valence-corrected chi connectivity index (χ3v) is 3.57. The molecule has 0 aromatic heterocycles. The normalized spacial score (nSPS) is 36.8. The molecule has 0 aromatic rings. The Labute approximate surface area is 83.7 Å². The molecule has 0 amide bonds. The number of aliphatic hydroxyl groups is 1. The van der Waals surface area contributed by atoms with Gasteiger partial charge in [-0.05, 0) is 38.0 Å². The van der Waals surface area contributed by atoms with Crippen molar-refractivity contribution in [3.05, 3.63) is 0 Å². The van der Waals surface area contributed by atoms with E-state index < -0.39 is 0 Å². The predicted molar refractivity (Wildman–Crippen MR) is 55.6 cm³/mol. The lowest BCUT2D eigenvalue weighted by atomic mass is 9.77. The van der Waals surface area contributed by atoms with Gasteiger partial charge in [0.2, 0.25) is 0 Å². The van der Waals surface area contributed by atoms with Crippen LogP contribution in [0.4, 0.5) is 0 Å². The fourth-order valence-corrected chi connectivity index (χ4v) is 2.79. The highest BCUT2D eigenvalue weighted by Crippen LogP contribution is 2.35. The van der Waals surface area contributed by atoms with E-state index in [0.29, 0.717) is 0 Å². The van der Waals surface area contributed by atoms with E-state index in [1.165, 1.54) is 19.3 Å². The molecule has 1 saturated carbocycles. The van der Waals surface area contributed by atoms with Gasteiger partial charge in [0.15, 0.2) is 0 Å². The molecule has 1 rings (SSSR count). The first-order valence-corrected chi connectivity index (χ1v) is 6.10. The lowest BCUT2D eigenvalue weighted by Crippen LogP contribution is -2.34. The fraction of sp³-hybridized carbons (Fsp3) is 1.00. The van der Waals surface area contributed by atoms with Gasteiger partial charge in [-0.1, -0.05) is 29.3 Å². The van der Waals surface area contributed by atoms with Crippen molar-refractivity contribution in [1.29, 1.82) is 0 Å². The summed E-state index contributed by atoms with van der Waals surface area (Å²) in [6.07, 6.45) is 6.67. The SMILES string of the molecule is CCC1CCC(O)(CCBr)CC1. The van der Waals surface area contributed by atoms with Crippen molar-refractivity contribution in [3.8, 4) is 0 Å². The van der Waals surface area contributed by atoms with E-state index in [-0.39, 0.29) is 5.60 Å². The summed E-state index contributed by atoms with van der Waals surface area (Å²) in [6, 6.07) is 0. The Kier molecular flexibility index (Phi) is 4.04. The van der Waals surface area contributed by atoms with Gasteiger partial charge < -0.3 is 5.11 Å². The molecule has 0 heterocycles. The average Bonchev–Trinajstić information content (AvgIpc) is 2.06. The Morgan fingerprint density at radius 1 is 1.42 bits per heavy atom. The molecule has 1 aliphatic carbocycles. The maximum atomic E-state index is 10.1. The minimum absolute atomic E-state index is 0.338. The van der Waals surface area contributed by atoms with Crippen molar-refractivity contribution in [2.45, 2.75) is 51.0 Å². The zero-order valence-corrected chi connectivity index (χ0v) is 9.44. The van der Waals surface area contributed by atoms with Crippen LogP contribution in [-0.2, 0) is 0 Å². The lowest BCUT2D eigenvalue weighted by Gasteiger charge is -2.35. The molecule has 1 nitrogen and oxygen atoms in total. The molecular weight excluding hydrogens is 216 g/mol. The van der Waals surface area contributed by atoms with Crippen LogP contribution in [0.5, 0.6) is 0 Å². The number of halogens is 1. The van der Waals surface area contributed by atoms with Crippen LogP contribution in [0.2, 0.25) is 0 Å². The number of hydrogen-bond acceptors (Lipinski definition) is 1. The second kappa shape index (κ2) is 4.61. The van der Waals surface area contributed by atoms with Gasteiger partial charge in [-0.3, -0.25) is 0 Å². The summed E-state index contributed by atoms with van der Waals surface area (Å²) in [5.41, 5.74) is -0.338. The highest BCUT2D eigenvalue weighted by atomic mass is 79.9. The zero-order chi connectivity index (χ0) is 9.03. The summed E-state index contributed by atoms with van der Waals surface area (Å²) in [4.78, 5) is 0. The third kappa shape index (κ3) is 2.74. The first-order valence-electron chi connectivity index (χ1n) is 4.98. The van der Waals surface area contributed by atoms with Crippen LogP contribution in [0.1, 0.15) is 45.4 Å². The van der Waals surface area contributed by atoms with Gasteiger partial charge in [0, 0.05) is 5.33 Å². The highest BCUT2D eigenvalue weighted by molar-refractivity contribution is 9.09. The van der Waals surface area contributed by atoms with Crippen molar-refractivity contribution in [1.82, 2.24) is 0 Å². The molecule has 1 fully saturated rings. The third-order valence-electron chi connectivity index (χ3n) is 3.17. The minimum atomic E-state index is -0.338. The first kappa shape index (κ1) is 10.5. The summed E-state index contributed by atoms with van der Waals surface area (Å²) in [5.74, 6) is 0.876. The van der Waals surface area contributed by atoms with Gasteiger partial charge in [-0.2, -0.15) is 0 Å². The molecule has 0 radical (unpaired) electrons. The van der Waals surface area contributed by atoms with Crippen molar-refractivity contribution < 1.29 is 5.11 Å². The van der Waals surface area contributed by atoms with Gasteiger partial charge >= 0.3 is 0 Å². The van der Waals surface area contributed by atoms with Gasteiger partial charge in [-0.25, -0.2) is 0 Å². The first-order chi connectivity index (χ1) is 5.70. The van der Waals surface area contributed by atoms with Crippen molar-refractivity contribution in [3.63, 3.8) is 0 Å². The predicted octanol–water partition coefficient (Wildman–Crippen LogP) is 3.10. The lowest BCUT2D eigenvalue weighted by molar-refractivity contribution is -0.0115. The standard InChI is InChI=1S/C10H19BrO/c1-2-9-3-5-10(12,6-4-9)7-8-11/h9,12H,2-8H2,1H3. The smallest absolute Gasteiger partial charge is 0.0656 e. The van der Waals surface area contributed by atoms with Crippen molar-refractivity contribution in [2.24, 2.45) is 5.92 Å². The van der Waals surface area contributed by atoms with E-state index in [0.717, 1.165) is 30.5 Å². The second-order valence-corrected chi connectivity index (χ2v) is 4.81. The Morgan fingerprint density at radius 3 is 2.42 bits per heavy atom. The topological polar surface area (TPSA) is 20.2 Å². The Morgan fingerprint density at radius 2 is 2.00 bits per heavy atom. The number of hydrogen-bond donors (Lipinski definition) is 1. The van der Waals surface area contributed by atoms with Crippen LogP contribution in [0.25, 0.3) is 0 Å². The number of alkyl halides is 1. The minimum Gasteiger partial charge on any atom is -0.390 e. The molecule has 0 bridgehead atoms. The summed E-state index contributed by atoms with van der Waals surface area (Å²) < 4.78 is 0. The van der Waals surface area contributed by atoms with Crippen molar-refractivity contribution in [2.75, 3.05) is 5.33 Å². The van der Waals surface area contributed by atoms with Crippen molar-refractivity contribution >= 4 is 15.9 Å². The molecule has 2 heteroatoms. The Bertz CT molecular complexity index is 128. The Hall–Kier alpha value is 0.440. The van der Waals surface area contributed by atoms with E-state index in [1.54, 1.807) is 0 Å². The van der Waals surface area contributed by atoms with Crippen LogP contribution in [-0.4, -0.2) is 16.0 Å². The highest BCUT2D eigenvalue weighted by Gasteiger charge is 2.31. The molecule has 0 spiro atoms. The largest absolute Gasteiger partial charge is 0.390 e. The summed E-state index contributed by atoms with van der Waals surface area (Å²) in [6.45, 7) is 2.25. The van der Waals surface area contributed by atoms with E-state index in [9.17, 15) is 5.11 Å². The molecule has 72 valence electrons. The number of rotatable bonds is 3. The van der Waals surface area contributed by atoms with Crippen LogP contribution in [0.3, 0.4) is 0 Å². The summed E-state index contributed by atoms with van der Waals surface area (Å²) >= 11 is 3.39. The maximum absolute atomic E-state index is 10.1. The average molecular weight is 235 g/mol. The van der Waals surface area contributed by atoms with Crippen LogP contribution < -0.4 is 0 Å². The van der Waals surface area contributed by atoms with E-state index >= 15 is 0 Å². The summed E-state index contributed by atoms with van der Waals surface area (Å²) in [7, 11) is 0. The molecule has 1 aliphatic rings. The summed E-state index contributed by atoms with van der Waals surface area (Å²) in [5, 5.41) is 11.0. The van der Waals surface area contributed by atoms with Crippen LogP contribution in [0, 0.1) is 5.92 Å². The fourth-order valence-electron chi connectivity index (χ4n) is 2.05. The molecule has 12 heavy (non-hydrogen) atoms. The molecule has 0 saturated heterocycles. The molecular formula is C10H19BrO. The van der Waals surface area contributed by atoms with Gasteiger partial charge in [0.25, 0.3) is 0 Å². The quantitative estimate of drug-likeness (QED) is 0.745. The van der Waals surface area contributed by atoms with Gasteiger partial charge in [-0.15, -0.1) is 0 Å². The monoisotopic (exact) mass is 234 g/mol. The van der Waals surface area contributed by atoms with Gasteiger partial charge in [0.1, 0.15) is 0 Å². The van der Waals surface area contributed by atoms with E-state index in [2.05, 4.69) is 22.9 Å².